The molecule has 1 aromatic carbocycles. The first-order chi connectivity index (χ1) is 13.1. The van der Waals surface area contributed by atoms with Crippen LogP contribution in [0.3, 0.4) is 0 Å². The number of carbonyl (C=O) groups excluding carboxylic acids is 1. The Hall–Kier alpha value is -3.06. The van der Waals surface area contributed by atoms with Gasteiger partial charge in [0.25, 0.3) is 0 Å². The maximum Gasteiger partial charge on any atom is 0.323 e. The fraction of sp³-hybridized carbons (Fsp3) is 0.200. The van der Waals surface area contributed by atoms with Crippen molar-refractivity contribution in [2.24, 2.45) is 0 Å². The van der Waals surface area contributed by atoms with E-state index in [9.17, 15) is 9.59 Å². The van der Waals surface area contributed by atoms with E-state index in [4.69, 9.17) is 10.1 Å². The maximum atomic E-state index is 12.3. The predicted molar refractivity (Wildman–Crippen MR) is 104 cm³/mol. The molecule has 2 aromatic heterocycles. The second kappa shape index (κ2) is 7.28. The Labute approximate surface area is 160 Å². The van der Waals surface area contributed by atoms with E-state index in [0.717, 1.165) is 33.8 Å². The SMILES string of the molecule is O=C(O)CN1C(=O)CCCc2cc(-c3csc(-c4ccncc4)n3)ccc21. The van der Waals surface area contributed by atoms with E-state index < -0.39 is 5.97 Å². The molecule has 1 aliphatic rings. The second-order valence-electron chi connectivity index (χ2n) is 6.34. The molecule has 4 rings (SSSR count). The molecule has 7 heteroatoms. The number of pyridine rings is 1. The van der Waals surface area contributed by atoms with Crippen molar-refractivity contribution in [1.82, 2.24) is 9.97 Å². The Morgan fingerprint density at radius 2 is 1.96 bits per heavy atom. The molecule has 6 nitrogen and oxygen atoms in total. The third kappa shape index (κ3) is 3.59. The lowest BCUT2D eigenvalue weighted by Crippen LogP contribution is -2.35. The summed E-state index contributed by atoms with van der Waals surface area (Å²) < 4.78 is 0. The van der Waals surface area contributed by atoms with Gasteiger partial charge in [0.05, 0.1) is 5.69 Å². The number of carboxylic acid groups (broad SMARTS) is 1. The summed E-state index contributed by atoms with van der Waals surface area (Å²) in [6.07, 6.45) is 5.30. The van der Waals surface area contributed by atoms with E-state index in [0.29, 0.717) is 18.5 Å². The van der Waals surface area contributed by atoms with E-state index in [1.807, 2.05) is 35.7 Å². The number of carbonyl (C=O) groups is 2. The molecule has 3 heterocycles. The van der Waals surface area contributed by atoms with Crippen LogP contribution in [0.25, 0.3) is 21.8 Å². The highest BCUT2D eigenvalue weighted by Crippen LogP contribution is 2.33. The third-order valence-electron chi connectivity index (χ3n) is 4.53. The van der Waals surface area contributed by atoms with Crippen LogP contribution in [0.2, 0.25) is 0 Å². The largest absolute Gasteiger partial charge is 0.480 e. The summed E-state index contributed by atoms with van der Waals surface area (Å²) >= 11 is 1.57. The van der Waals surface area contributed by atoms with Gasteiger partial charge in [0, 0.05) is 41.0 Å². The van der Waals surface area contributed by atoms with Crippen molar-refractivity contribution in [3.05, 3.63) is 53.7 Å². The number of benzene rings is 1. The molecule has 0 saturated carbocycles. The zero-order valence-corrected chi connectivity index (χ0v) is 15.3. The van der Waals surface area contributed by atoms with Crippen molar-refractivity contribution < 1.29 is 14.7 Å². The number of hydrogen-bond acceptors (Lipinski definition) is 5. The van der Waals surface area contributed by atoms with Crippen LogP contribution in [0.4, 0.5) is 5.69 Å². The average molecular weight is 379 g/mol. The minimum atomic E-state index is -1.01. The Bertz CT molecular complexity index is 1000. The minimum absolute atomic E-state index is 0.141. The summed E-state index contributed by atoms with van der Waals surface area (Å²) in [5.74, 6) is -1.15. The molecule has 1 N–H and O–H groups in total. The smallest absolute Gasteiger partial charge is 0.323 e. The van der Waals surface area contributed by atoms with E-state index in [2.05, 4.69) is 4.98 Å². The second-order valence-corrected chi connectivity index (χ2v) is 7.20. The van der Waals surface area contributed by atoms with Gasteiger partial charge in [0.2, 0.25) is 5.91 Å². The third-order valence-corrected chi connectivity index (χ3v) is 5.42. The molecule has 0 radical (unpaired) electrons. The molecule has 27 heavy (non-hydrogen) atoms. The molecule has 0 aliphatic carbocycles. The number of thiazole rings is 1. The number of anilines is 1. The van der Waals surface area contributed by atoms with Crippen LogP contribution in [0.1, 0.15) is 18.4 Å². The van der Waals surface area contributed by atoms with Gasteiger partial charge < -0.3 is 10.0 Å². The van der Waals surface area contributed by atoms with Crippen molar-refractivity contribution in [1.29, 1.82) is 0 Å². The van der Waals surface area contributed by atoms with Crippen molar-refractivity contribution in [2.45, 2.75) is 19.3 Å². The summed E-state index contributed by atoms with van der Waals surface area (Å²) in [4.78, 5) is 33.6. The number of amides is 1. The van der Waals surface area contributed by atoms with Crippen LogP contribution in [-0.2, 0) is 16.0 Å². The lowest BCUT2D eigenvalue weighted by atomic mass is 10.0. The minimum Gasteiger partial charge on any atom is -0.480 e. The quantitative estimate of drug-likeness (QED) is 0.748. The highest BCUT2D eigenvalue weighted by atomic mass is 32.1. The Kier molecular flexibility index (Phi) is 4.68. The average Bonchev–Trinajstić information content (AvgIpc) is 3.11. The van der Waals surface area contributed by atoms with E-state index in [-0.39, 0.29) is 12.5 Å². The van der Waals surface area contributed by atoms with Gasteiger partial charge in [0.1, 0.15) is 11.6 Å². The topological polar surface area (TPSA) is 83.4 Å². The lowest BCUT2D eigenvalue weighted by molar-refractivity contribution is -0.136. The number of aromatic nitrogens is 2. The van der Waals surface area contributed by atoms with Gasteiger partial charge in [0.15, 0.2) is 0 Å². The summed E-state index contributed by atoms with van der Waals surface area (Å²) in [7, 11) is 0. The molecule has 1 amide bonds. The Balaban J connectivity index is 1.69. The van der Waals surface area contributed by atoms with Crippen molar-refractivity contribution >= 4 is 28.9 Å². The number of carboxylic acids is 1. The summed E-state index contributed by atoms with van der Waals surface area (Å²) in [6.45, 7) is -0.311. The summed E-state index contributed by atoms with van der Waals surface area (Å²) in [6, 6.07) is 9.61. The van der Waals surface area contributed by atoms with Gasteiger partial charge in [-0.1, -0.05) is 6.07 Å². The highest BCUT2D eigenvalue weighted by molar-refractivity contribution is 7.13. The molecule has 0 unspecified atom stereocenters. The number of aryl methyl sites for hydroxylation is 1. The summed E-state index contributed by atoms with van der Waals surface area (Å²) in [5.41, 5.74) is 4.53. The monoisotopic (exact) mass is 379 g/mol. The molecule has 1 aliphatic heterocycles. The van der Waals surface area contributed by atoms with Crippen LogP contribution in [0.15, 0.2) is 48.1 Å². The van der Waals surface area contributed by atoms with Crippen molar-refractivity contribution in [2.75, 3.05) is 11.4 Å². The van der Waals surface area contributed by atoms with Crippen molar-refractivity contribution in [3.63, 3.8) is 0 Å². The molecule has 0 fully saturated rings. The van der Waals surface area contributed by atoms with E-state index in [1.165, 1.54) is 4.90 Å². The van der Waals surface area contributed by atoms with Gasteiger partial charge in [-0.2, -0.15) is 0 Å². The van der Waals surface area contributed by atoms with Crippen LogP contribution in [0, 0.1) is 0 Å². The van der Waals surface area contributed by atoms with E-state index >= 15 is 0 Å². The molecule has 0 spiro atoms. The number of fused-ring (bicyclic) bond motifs is 1. The number of aliphatic carboxylic acids is 1. The van der Waals surface area contributed by atoms with Crippen LogP contribution in [-0.4, -0.2) is 33.5 Å². The number of rotatable bonds is 4. The number of hydrogen-bond donors (Lipinski definition) is 1. The summed E-state index contributed by atoms with van der Waals surface area (Å²) in [5, 5.41) is 12.1. The lowest BCUT2D eigenvalue weighted by Gasteiger charge is -2.21. The first-order valence-electron chi connectivity index (χ1n) is 8.63. The fourth-order valence-electron chi connectivity index (χ4n) is 3.25. The normalized spacial score (nSPS) is 13.9. The zero-order valence-electron chi connectivity index (χ0n) is 14.5. The molecular weight excluding hydrogens is 362 g/mol. The van der Waals surface area contributed by atoms with Gasteiger partial charge in [-0.25, -0.2) is 4.98 Å². The van der Waals surface area contributed by atoms with Crippen LogP contribution >= 0.6 is 11.3 Å². The first-order valence-corrected chi connectivity index (χ1v) is 9.51. The molecule has 3 aromatic rings. The van der Waals surface area contributed by atoms with Gasteiger partial charge in [-0.15, -0.1) is 11.3 Å². The zero-order chi connectivity index (χ0) is 18.8. The molecule has 0 saturated heterocycles. The molecule has 0 atom stereocenters. The predicted octanol–water partition coefficient (Wildman–Crippen LogP) is 3.63. The van der Waals surface area contributed by atoms with Crippen LogP contribution in [0.5, 0.6) is 0 Å². The van der Waals surface area contributed by atoms with Crippen molar-refractivity contribution in [3.8, 4) is 21.8 Å². The Morgan fingerprint density at radius 1 is 1.15 bits per heavy atom. The maximum absolute atomic E-state index is 12.3. The Morgan fingerprint density at radius 3 is 2.74 bits per heavy atom. The van der Waals surface area contributed by atoms with Gasteiger partial charge >= 0.3 is 5.97 Å². The fourth-order valence-corrected chi connectivity index (χ4v) is 4.09. The van der Waals surface area contributed by atoms with E-state index in [1.54, 1.807) is 23.7 Å². The van der Waals surface area contributed by atoms with Gasteiger partial charge in [-0.05, 0) is 42.7 Å². The van der Waals surface area contributed by atoms with Gasteiger partial charge in [-0.3, -0.25) is 14.6 Å². The highest BCUT2D eigenvalue weighted by Gasteiger charge is 2.24. The molecular formula is C20H17N3O3S. The molecule has 0 bridgehead atoms. The number of nitrogens with zero attached hydrogens (tertiary/aromatic N) is 3. The standard InChI is InChI=1S/C20H17N3O3S/c24-18-3-1-2-15-10-14(4-5-17(15)23(18)11-19(25)26)16-12-27-20(22-16)13-6-8-21-9-7-13/h4-10,12H,1-3,11H2,(H,25,26). The first kappa shape index (κ1) is 17.4. The van der Waals surface area contributed by atoms with Crippen LogP contribution < -0.4 is 4.90 Å². The molecule has 136 valence electrons.